The van der Waals surface area contributed by atoms with Crippen molar-refractivity contribution in [3.63, 3.8) is 0 Å². The van der Waals surface area contributed by atoms with Crippen LogP contribution in [0.3, 0.4) is 0 Å². The van der Waals surface area contributed by atoms with E-state index in [1.807, 2.05) is 0 Å². The number of para-hydroxylation sites is 4. The van der Waals surface area contributed by atoms with Gasteiger partial charge >= 0.3 is 0 Å². The molecule has 3 heteroatoms. The fourth-order valence-electron chi connectivity index (χ4n) is 12.8. The van der Waals surface area contributed by atoms with E-state index in [0.29, 0.717) is 0 Å². The maximum atomic E-state index is 6.77. The van der Waals surface area contributed by atoms with Crippen LogP contribution in [0.25, 0.3) is 44.2 Å². The Bertz CT molecular complexity index is 3830. The minimum Gasteiger partial charge on any atom is -0.457 e. The van der Waals surface area contributed by atoms with Gasteiger partial charge in [-0.1, -0.05) is 200 Å². The Kier molecular flexibility index (Phi) is 7.92. The Morgan fingerprint density at radius 2 is 0.739 bits per heavy atom. The van der Waals surface area contributed by atoms with Gasteiger partial charge in [0.1, 0.15) is 23.0 Å². The second-order valence-electron chi connectivity index (χ2n) is 18.6. The van der Waals surface area contributed by atoms with Crippen molar-refractivity contribution in [1.82, 2.24) is 0 Å². The molecular formula is C66H41NO2. The van der Waals surface area contributed by atoms with Crippen molar-refractivity contribution in [2.75, 3.05) is 4.90 Å². The van der Waals surface area contributed by atoms with E-state index in [2.05, 4.69) is 254 Å². The lowest BCUT2D eigenvalue weighted by Gasteiger charge is -2.40. The molecule has 0 radical (unpaired) electrons. The largest absolute Gasteiger partial charge is 0.457 e. The summed E-state index contributed by atoms with van der Waals surface area (Å²) in [5, 5.41) is 2.37. The van der Waals surface area contributed by atoms with Gasteiger partial charge in [0, 0.05) is 38.9 Å². The molecule has 0 saturated carbocycles. The Balaban J connectivity index is 1.06. The zero-order valence-corrected chi connectivity index (χ0v) is 37.4. The molecule has 11 aromatic rings. The molecule has 0 unspecified atom stereocenters. The first-order valence-electron chi connectivity index (χ1n) is 23.8. The van der Waals surface area contributed by atoms with Gasteiger partial charge in [0.05, 0.1) is 22.2 Å². The summed E-state index contributed by atoms with van der Waals surface area (Å²) in [6.45, 7) is 0. The molecule has 3 nitrogen and oxygen atoms in total. The predicted octanol–water partition coefficient (Wildman–Crippen LogP) is 16.9. The van der Waals surface area contributed by atoms with Crippen LogP contribution in [0.15, 0.2) is 249 Å². The lowest BCUT2D eigenvalue weighted by molar-refractivity contribution is 0.436. The summed E-state index contributed by atoms with van der Waals surface area (Å²) < 4.78 is 13.5. The van der Waals surface area contributed by atoms with Gasteiger partial charge in [0.2, 0.25) is 0 Å². The molecule has 0 bridgehead atoms. The summed E-state index contributed by atoms with van der Waals surface area (Å²) >= 11 is 0. The number of hydrogen-bond acceptors (Lipinski definition) is 3. The number of ether oxygens (including phenoxy) is 2. The van der Waals surface area contributed by atoms with Crippen LogP contribution in [0.1, 0.15) is 44.5 Å². The van der Waals surface area contributed by atoms with Crippen LogP contribution in [0.2, 0.25) is 0 Å². The van der Waals surface area contributed by atoms with Crippen molar-refractivity contribution in [3.8, 4) is 56.4 Å². The van der Waals surface area contributed by atoms with Crippen molar-refractivity contribution >= 4 is 27.8 Å². The molecule has 0 fully saturated rings. The molecule has 0 N–H and O–H groups in total. The summed E-state index contributed by atoms with van der Waals surface area (Å²) in [6.07, 6.45) is 0. The van der Waals surface area contributed by atoms with E-state index < -0.39 is 10.8 Å². The van der Waals surface area contributed by atoms with Crippen LogP contribution in [0.4, 0.5) is 17.1 Å². The van der Waals surface area contributed by atoms with Gasteiger partial charge in [-0.15, -0.1) is 0 Å². The highest BCUT2D eigenvalue weighted by Crippen LogP contribution is 2.67. The average Bonchev–Trinajstić information content (AvgIpc) is 3.88. The molecule has 0 saturated heterocycles. The van der Waals surface area contributed by atoms with Crippen molar-refractivity contribution in [2.24, 2.45) is 0 Å². The minimum atomic E-state index is -0.624. The van der Waals surface area contributed by atoms with E-state index in [-0.39, 0.29) is 0 Å². The predicted molar refractivity (Wildman–Crippen MR) is 279 cm³/mol. The molecule has 322 valence electrons. The van der Waals surface area contributed by atoms with Crippen LogP contribution in [-0.2, 0) is 10.8 Å². The molecular weight excluding hydrogens is 839 g/mol. The molecule has 11 aromatic carbocycles. The molecule has 15 rings (SSSR count). The van der Waals surface area contributed by atoms with Crippen molar-refractivity contribution < 1.29 is 9.47 Å². The normalized spacial score (nSPS) is 14.3. The Morgan fingerprint density at radius 3 is 1.35 bits per heavy atom. The number of hydrogen-bond donors (Lipinski definition) is 0. The summed E-state index contributed by atoms with van der Waals surface area (Å²) in [5.41, 5.74) is 18.9. The third kappa shape index (κ3) is 5.01. The first kappa shape index (κ1) is 38.2. The molecule has 0 atom stereocenters. The smallest absolute Gasteiger partial charge is 0.132 e. The monoisotopic (exact) mass is 879 g/mol. The number of rotatable bonds is 4. The summed E-state index contributed by atoms with van der Waals surface area (Å²) in [6, 6.07) is 91.0. The standard InChI is InChI=1S/C66H41NO2/c1-2-19-42(20-3-1)43-37-39-44(40-38-43)67(57-32-18-31-56-63(57)48-24-7-9-26-51(48)65(56)52-27-10-14-33-59(52)68-60-34-15-11-28-53(60)65)58-41-49-45-21-6-8-25-50(45)66(64(49)47-23-5-4-22-46(47)58)54-29-12-16-35-61(54)69-62-36-17-13-30-55(62)66/h1-41H. The SMILES string of the molecule is c1ccc(-c2ccc(N(c3cccc4c3-c3ccccc3C43c4ccccc4Oc4ccccc43)c3cc4c(c5ccccc35)C3(c5ccccc5Oc5ccccc53)c3ccccc3-4)cc2)cc1. The van der Waals surface area contributed by atoms with Gasteiger partial charge < -0.3 is 14.4 Å². The van der Waals surface area contributed by atoms with E-state index in [1.165, 1.54) is 61.0 Å². The van der Waals surface area contributed by atoms with Crippen LogP contribution < -0.4 is 14.4 Å². The molecule has 0 amide bonds. The van der Waals surface area contributed by atoms with Crippen LogP contribution in [0.5, 0.6) is 23.0 Å². The van der Waals surface area contributed by atoms with E-state index in [0.717, 1.165) is 67.7 Å². The van der Waals surface area contributed by atoms with Crippen molar-refractivity contribution in [3.05, 3.63) is 293 Å². The third-order valence-electron chi connectivity index (χ3n) is 15.4. The molecule has 69 heavy (non-hydrogen) atoms. The highest BCUT2D eigenvalue weighted by atomic mass is 16.5. The molecule has 2 aliphatic heterocycles. The van der Waals surface area contributed by atoms with Gasteiger partial charge in [-0.05, 0) is 104 Å². The zero-order valence-electron chi connectivity index (χ0n) is 37.4. The number of benzene rings is 11. The van der Waals surface area contributed by atoms with Crippen molar-refractivity contribution in [2.45, 2.75) is 10.8 Å². The zero-order chi connectivity index (χ0) is 45.3. The van der Waals surface area contributed by atoms with E-state index in [4.69, 9.17) is 9.47 Å². The maximum Gasteiger partial charge on any atom is 0.132 e. The second-order valence-corrected chi connectivity index (χ2v) is 18.6. The quantitative estimate of drug-likeness (QED) is 0.176. The molecule has 2 spiro atoms. The van der Waals surface area contributed by atoms with Crippen LogP contribution >= 0.6 is 0 Å². The van der Waals surface area contributed by atoms with Gasteiger partial charge in [-0.2, -0.15) is 0 Å². The summed E-state index contributed by atoms with van der Waals surface area (Å²) in [4.78, 5) is 2.54. The maximum absolute atomic E-state index is 6.77. The first-order chi connectivity index (χ1) is 34.2. The lowest BCUT2D eigenvalue weighted by atomic mass is 9.65. The topological polar surface area (TPSA) is 21.7 Å². The fourth-order valence-corrected chi connectivity index (χ4v) is 12.8. The molecule has 4 aliphatic rings. The van der Waals surface area contributed by atoms with Crippen LogP contribution in [-0.4, -0.2) is 0 Å². The minimum absolute atomic E-state index is 0.620. The number of nitrogens with zero attached hydrogens (tertiary/aromatic N) is 1. The van der Waals surface area contributed by atoms with Gasteiger partial charge in [-0.25, -0.2) is 0 Å². The Hall–Kier alpha value is -8.92. The highest BCUT2D eigenvalue weighted by Gasteiger charge is 2.54. The van der Waals surface area contributed by atoms with E-state index in [9.17, 15) is 0 Å². The molecule has 2 heterocycles. The molecule has 2 aliphatic carbocycles. The fraction of sp³-hybridized carbons (Fsp3) is 0.0303. The Labute approximate surface area is 400 Å². The van der Waals surface area contributed by atoms with E-state index >= 15 is 0 Å². The molecule has 0 aromatic heterocycles. The summed E-state index contributed by atoms with van der Waals surface area (Å²) in [5.74, 6) is 3.53. The number of fused-ring (bicyclic) bond motifs is 20. The number of anilines is 3. The first-order valence-corrected chi connectivity index (χ1v) is 23.8. The average molecular weight is 880 g/mol. The second kappa shape index (κ2) is 14.3. The van der Waals surface area contributed by atoms with Crippen LogP contribution in [0, 0.1) is 0 Å². The van der Waals surface area contributed by atoms with Gasteiger partial charge in [-0.3, -0.25) is 0 Å². The lowest BCUT2D eigenvalue weighted by Crippen LogP contribution is -2.32. The van der Waals surface area contributed by atoms with Gasteiger partial charge in [0.25, 0.3) is 0 Å². The Morgan fingerprint density at radius 1 is 0.290 bits per heavy atom. The third-order valence-corrected chi connectivity index (χ3v) is 15.4. The van der Waals surface area contributed by atoms with Crippen molar-refractivity contribution in [1.29, 1.82) is 0 Å². The van der Waals surface area contributed by atoms with E-state index in [1.54, 1.807) is 0 Å². The highest BCUT2D eigenvalue weighted by molar-refractivity contribution is 6.10. The summed E-state index contributed by atoms with van der Waals surface area (Å²) in [7, 11) is 0. The van der Waals surface area contributed by atoms with Gasteiger partial charge in [0.15, 0.2) is 0 Å².